The van der Waals surface area contributed by atoms with E-state index in [9.17, 15) is 4.79 Å². The predicted octanol–water partition coefficient (Wildman–Crippen LogP) is 2.92. The first-order valence-electron chi connectivity index (χ1n) is 5.52. The Morgan fingerprint density at radius 1 is 1.60 bits per heavy atom. The molecule has 0 bridgehead atoms. The number of ketones is 1. The predicted molar refractivity (Wildman–Crippen MR) is 61.6 cm³/mol. The van der Waals surface area contributed by atoms with E-state index in [1.165, 1.54) is 4.88 Å². The van der Waals surface area contributed by atoms with Gasteiger partial charge in [-0.2, -0.15) is 0 Å². The Labute approximate surface area is 94.3 Å². The average molecular weight is 224 g/mol. The summed E-state index contributed by atoms with van der Waals surface area (Å²) in [6.07, 6.45) is 3.01. The van der Waals surface area contributed by atoms with E-state index in [-0.39, 0.29) is 11.7 Å². The number of thiophene rings is 1. The van der Waals surface area contributed by atoms with Gasteiger partial charge in [0.25, 0.3) is 0 Å². The van der Waals surface area contributed by atoms with E-state index in [2.05, 4.69) is 13.0 Å². The van der Waals surface area contributed by atoms with Gasteiger partial charge in [0.1, 0.15) is 0 Å². The summed E-state index contributed by atoms with van der Waals surface area (Å²) in [6.45, 7) is 3.54. The molecule has 0 aliphatic carbocycles. The smallest absolute Gasteiger partial charge is 0.178 e. The fourth-order valence-electron chi connectivity index (χ4n) is 1.85. The SMILES string of the molecule is CCc1ccc(C(=O)C2CCCOC2)s1. The van der Waals surface area contributed by atoms with Crippen molar-refractivity contribution in [2.75, 3.05) is 13.2 Å². The zero-order valence-electron chi connectivity index (χ0n) is 8.99. The van der Waals surface area contributed by atoms with Gasteiger partial charge >= 0.3 is 0 Å². The molecule has 1 aliphatic heterocycles. The standard InChI is InChI=1S/C12H16O2S/c1-2-10-5-6-11(15-10)12(13)9-4-3-7-14-8-9/h5-6,9H,2-4,7-8H2,1H3. The molecular formula is C12H16O2S. The first-order chi connectivity index (χ1) is 7.31. The Balaban J connectivity index is 2.05. The van der Waals surface area contributed by atoms with Crippen LogP contribution in [0.2, 0.25) is 0 Å². The lowest BCUT2D eigenvalue weighted by atomic mass is 9.96. The fraction of sp³-hybridized carbons (Fsp3) is 0.583. The van der Waals surface area contributed by atoms with E-state index in [1.54, 1.807) is 11.3 Å². The molecule has 2 rings (SSSR count). The molecule has 1 unspecified atom stereocenters. The van der Waals surface area contributed by atoms with Crippen LogP contribution in [0.5, 0.6) is 0 Å². The van der Waals surface area contributed by atoms with Crippen LogP contribution in [0.15, 0.2) is 12.1 Å². The van der Waals surface area contributed by atoms with E-state index in [4.69, 9.17) is 4.74 Å². The molecule has 0 aromatic carbocycles. The van der Waals surface area contributed by atoms with Crippen molar-refractivity contribution in [3.63, 3.8) is 0 Å². The van der Waals surface area contributed by atoms with E-state index in [0.717, 1.165) is 30.7 Å². The monoisotopic (exact) mass is 224 g/mol. The van der Waals surface area contributed by atoms with Crippen LogP contribution in [-0.2, 0) is 11.2 Å². The van der Waals surface area contributed by atoms with Crippen LogP contribution in [0, 0.1) is 5.92 Å². The second-order valence-corrected chi connectivity index (χ2v) is 5.07. The summed E-state index contributed by atoms with van der Waals surface area (Å²) in [7, 11) is 0. The number of Topliss-reactive ketones (excluding diaryl/α,β-unsaturated/α-hetero) is 1. The maximum Gasteiger partial charge on any atom is 0.178 e. The van der Waals surface area contributed by atoms with Crippen LogP contribution < -0.4 is 0 Å². The molecule has 0 saturated carbocycles. The first kappa shape index (κ1) is 10.8. The van der Waals surface area contributed by atoms with E-state index in [1.807, 2.05) is 6.07 Å². The maximum atomic E-state index is 12.1. The highest BCUT2D eigenvalue weighted by atomic mass is 32.1. The van der Waals surface area contributed by atoms with Crippen molar-refractivity contribution in [2.45, 2.75) is 26.2 Å². The molecule has 1 atom stereocenters. The average Bonchev–Trinajstić information content (AvgIpc) is 2.78. The topological polar surface area (TPSA) is 26.3 Å². The van der Waals surface area contributed by atoms with Crippen molar-refractivity contribution in [2.24, 2.45) is 5.92 Å². The third-order valence-corrected chi connectivity index (χ3v) is 4.03. The quantitative estimate of drug-likeness (QED) is 0.738. The normalized spacial score (nSPS) is 21.5. The zero-order chi connectivity index (χ0) is 10.7. The van der Waals surface area contributed by atoms with Crippen molar-refractivity contribution in [3.8, 4) is 0 Å². The van der Waals surface area contributed by atoms with Crippen molar-refractivity contribution < 1.29 is 9.53 Å². The van der Waals surface area contributed by atoms with Gasteiger partial charge in [-0.3, -0.25) is 4.79 Å². The lowest BCUT2D eigenvalue weighted by Gasteiger charge is -2.20. The summed E-state index contributed by atoms with van der Waals surface area (Å²) >= 11 is 1.63. The second-order valence-electron chi connectivity index (χ2n) is 3.90. The molecule has 1 fully saturated rings. The maximum absolute atomic E-state index is 12.1. The minimum absolute atomic E-state index is 0.0992. The van der Waals surface area contributed by atoms with Gasteiger partial charge in [0.15, 0.2) is 5.78 Å². The first-order valence-corrected chi connectivity index (χ1v) is 6.33. The Kier molecular flexibility index (Phi) is 3.54. The number of rotatable bonds is 3. The Bertz CT molecular complexity index is 337. The summed E-state index contributed by atoms with van der Waals surface area (Å²) in [6, 6.07) is 4.02. The molecule has 82 valence electrons. The van der Waals surface area contributed by atoms with Crippen molar-refractivity contribution in [1.29, 1.82) is 0 Å². The van der Waals surface area contributed by atoms with Crippen molar-refractivity contribution in [1.82, 2.24) is 0 Å². The van der Waals surface area contributed by atoms with Gasteiger partial charge in [-0.05, 0) is 31.4 Å². The fourth-order valence-corrected chi connectivity index (χ4v) is 2.82. The zero-order valence-corrected chi connectivity index (χ0v) is 9.81. The summed E-state index contributed by atoms with van der Waals surface area (Å²) in [5, 5.41) is 0. The number of aryl methyl sites for hydroxylation is 1. The number of carbonyl (C=O) groups excluding carboxylic acids is 1. The molecular weight excluding hydrogens is 208 g/mol. The van der Waals surface area contributed by atoms with Gasteiger partial charge in [-0.1, -0.05) is 6.92 Å². The Morgan fingerprint density at radius 3 is 3.07 bits per heavy atom. The molecule has 0 amide bonds. The molecule has 3 heteroatoms. The number of ether oxygens (including phenoxy) is 1. The molecule has 0 radical (unpaired) electrons. The van der Waals surface area contributed by atoms with Crippen molar-refractivity contribution >= 4 is 17.1 Å². The summed E-state index contributed by atoms with van der Waals surface area (Å²) < 4.78 is 5.34. The van der Waals surface area contributed by atoms with Gasteiger partial charge in [-0.15, -0.1) is 11.3 Å². The summed E-state index contributed by atoms with van der Waals surface area (Å²) in [5.41, 5.74) is 0. The van der Waals surface area contributed by atoms with Crippen molar-refractivity contribution in [3.05, 3.63) is 21.9 Å². The van der Waals surface area contributed by atoms with E-state index in [0.29, 0.717) is 6.61 Å². The van der Waals surface area contributed by atoms with Gasteiger partial charge in [0, 0.05) is 17.4 Å². The van der Waals surface area contributed by atoms with Crippen LogP contribution in [0.3, 0.4) is 0 Å². The highest BCUT2D eigenvalue weighted by Gasteiger charge is 2.23. The summed E-state index contributed by atoms with van der Waals surface area (Å²) in [4.78, 5) is 14.3. The molecule has 0 N–H and O–H groups in total. The Morgan fingerprint density at radius 2 is 2.47 bits per heavy atom. The van der Waals surface area contributed by atoms with E-state index < -0.39 is 0 Å². The van der Waals surface area contributed by atoms with Gasteiger partial charge in [-0.25, -0.2) is 0 Å². The van der Waals surface area contributed by atoms with E-state index >= 15 is 0 Å². The number of carbonyl (C=O) groups is 1. The number of hydrogen-bond acceptors (Lipinski definition) is 3. The minimum Gasteiger partial charge on any atom is -0.381 e. The van der Waals surface area contributed by atoms with Gasteiger partial charge < -0.3 is 4.74 Å². The van der Waals surface area contributed by atoms with Crippen LogP contribution in [0.4, 0.5) is 0 Å². The van der Waals surface area contributed by atoms with Gasteiger partial charge in [0.2, 0.25) is 0 Å². The molecule has 1 aromatic rings. The Hall–Kier alpha value is -0.670. The molecule has 1 aliphatic rings. The molecule has 1 saturated heterocycles. The molecule has 0 spiro atoms. The minimum atomic E-state index is 0.0992. The lowest BCUT2D eigenvalue weighted by molar-refractivity contribution is 0.0464. The molecule has 15 heavy (non-hydrogen) atoms. The van der Waals surface area contributed by atoms with Crippen LogP contribution in [0.1, 0.15) is 34.3 Å². The molecule has 1 aromatic heterocycles. The largest absolute Gasteiger partial charge is 0.381 e. The van der Waals surface area contributed by atoms with Gasteiger partial charge in [0.05, 0.1) is 11.5 Å². The number of hydrogen-bond donors (Lipinski definition) is 0. The van der Waals surface area contributed by atoms with Crippen LogP contribution in [-0.4, -0.2) is 19.0 Å². The third-order valence-electron chi connectivity index (χ3n) is 2.78. The molecule has 2 nitrogen and oxygen atoms in total. The third kappa shape index (κ3) is 2.47. The summed E-state index contributed by atoms with van der Waals surface area (Å²) in [5.74, 6) is 0.376. The van der Waals surface area contributed by atoms with Crippen LogP contribution >= 0.6 is 11.3 Å². The lowest BCUT2D eigenvalue weighted by Crippen LogP contribution is -2.24. The highest BCUT2D eigenvalue weighted by molar-refractivity contribution is 7.14. The highest BCUT2D eigenvalue weighted by Crippen LogP contribution is 2.24. The second kappa shape index (κ2) is 4.90. The molecule has 2 heterocycles. The van der Waals surface area contributed by atoms with Crippen LogP contribution in [0.25, 0.3) is 0 Å².